The molecule has 0 saturated carbocycles. The normalized spacial score (nSPS) is 20.7. The lowest BCUT2D eigenvalue weighted by Crippen LogP contribution is -2.26. The van der Waals surface area contributed by atoms with Gasteiger partial charge in [0.15, 0.2) is 5.17 Å². The molecule has 1 saturated heterocycles. The van der Waals surface area contributed by atoms with E-state index < -0.39 is 11.2 Å². The molecule has 0 radical (unpaired) electrons. The molecule has 1 aromatic rings. The summed E-state index contributed by atoms with van der Waals surface area (Å²) in [6, 6.07) is 7.21. The number of nitrogens with one attached hydrogen (secondary N) is 1. The molecule has 6 nitrogen and oxygen atoms in total. The van der Waals surface area contributed by atoms with Crippen molar-refractivity contribution < 1.29 is 14.7 Å². The van der Waals surface area contributed by atoms with Crippen molar-refractivity contribution in [2.45, 2.75) is 18.6 Å². The zero-order valence-corrected chi connectivity index (χ0v) is 12.6. The first kappa shape index (κ1) is 15.5. The number of carbonyl (C=O) groups excluding carboxylic acids is 1. The molecule has 0 spiro atoms. The standard InChI is InChI=1S/C13H12ClN3O3S/c1-7(8-4-2-3-5-9(8)14)16-17-13-15-12(20)10(21-13)6-11(18)19/h2-5,10H,6H2,1H3,(H,18,19)(H,15,17,20)/t10-/m1/s1. The number of halogens is 1. The number of benzene rings is 1. The van der Waals surface area contributed by atoms with Gasteiger partial charge in [0.05, 0.1) is 12.1 Å². The molecule has 1 aliphatic rings. The Morgan fingerprint density at radius 3 is 2.86 bits per heavy atom. The second-order valence-corrected chi connectivity index (χ2v) is 5.86. The average molecular weight is 326 g/mol. The quantitative estimate of drug-likeness (QED) is 0.655. The van der Waals surface area contributed by atoms with Crippen molar-refractivity contribution in [1.82, 2.24) is 5.32 Å². The van der Waals surface area contributed by atoms with Crippen LogP contribution in [0.4, 0.5) is 0 Å². The number of rotatable bonds is 4. The molecule has 0 aliphatic carbocycles. The molecule has 0 unspecified atom stereocenters. The first-order valence-electron chi connectivity index (χ1n) is 6.04. The zero-order chi connectivity index (χ0) is 15.4. The monoisotopic (exact) mass is 325 g/mol. The minimum atomic E-state index is -1.03. The van der Waals surface area contributed by atoms with Crippen LogP contribution in [-0.2, 0) is 9.59 Å². The van der Waals surface area contributed by atoms with Crippen LogP contribution < -0.4 is 5.32 Å². The fourth-order valence-corrected chi connectivity index (χ4v) is 2.86. The number of amidine groups is 1. The zero-order valence-electron chi connectivity index (χ0n) is 11.0. The molecule has 1 amide bonds. The Hall–Kier alpha value is -1.86. The predicted octanol–water partition coefficient (Wildman–Crippen LogP) is 2.13. The van der Waals surface area contributed by atoms with Crippen LogP contribution in [-0.4, -0.2) is 33.1 Å². The van der Waals surface area contributed by atoms with Gasteiger partial charge < -0.3 is 10.4 Å². The summed E-state index contributed by atoms with van der Waals surface area (Å²) in [7, 11) is 0. The molecule has 0 bridgehead atoms. The van der Waals surface area contributed by atoms with Crippen molar-refractivity contribution in [1.29, 1.82) is 0 Å². The Morgan fingerprint density at radius 2 is 2.19 bits per heavy atom. The average Bonchev–Trinajstić information content (AvgIpc) is 2.76. The van der Waals surface area contributed by atoms with Crippen molar-refractivity contribution in [2.75, 3.05) is 0 Å². The van der Waals surface area contributed by atoms with Crippen LogP contribution in [0.1, 0.15) is 18.9 Å². The van der Waals surface area contributed by atoms with Crippen LogP contribution in [0, 0.1) is 0 Å². The maximum Gasteiger partial charge on any atom is 0.305 e. The third-order valence-corrected chi connectivity index (χ3v) is 4.09. The van der Waals surface area contributed by atoms with Crippen LogP contribution in [0.15, 0.2) is 34.5 Å². The van der Waals surface area contributed by atoms with Gasteiger partial charge >= 0.3 is 5.97 Å². The van der Waals surface area contributed by atoms with Crippen LogP contribution >= 0.6 is 23.4 Å². The summed E-state index contributed by atoms with van der Waals surface area (Å²) < 4.78 is 0. The summed E-state index contributed by atoms with van der Waals surface area (Å²) in [5.41, 5.74) is 1.35. The largest absolute Gasteiger partial charge is 0.481 e. The fourth-order valence-electron chi connectivity index (χ4n) is 1.67. The van der Waals surface area contributed by atoms with Gasteiger partial charge in [0.1, 0.15) is 5.25 Å². The molecule has 8 heteroatoms. The summed E-state index contributed by atoms with van der Waals surface area (Å²) in [5, 5.41) is 19.3. The second kappa shape index (κ2) is 6.73. The number of hydrogen-bond acceptors (Lipinski definition) is 5. The van der Waals surface area contributed by atoms with Gasteiger partial charge in [-0.1, -0.05) is 41.6 Å². The van der Waals surface area contributed by atoms with Crippen LogP contribution in [0.2, 0.25) is 5.02 Å². The molecule has 1 fully saturated rings. The molecule has 21 heavy (non-hydrogen) atoms. The van der Waals surface area contributed by atoms with Crippen molar-refractivity contribution in [2.24, 2.45) is 10.2 Å². The lowest BCUT2D eigenvalue weighted by Gasteiger charge is -2.01. The first-order chi connectivity index (χ1) is 9.97. The van der Waals surface area contributed by atoms with Crippen LogP contribution in [0.3, 0.4) is 0 Å². The number of aliphatic carboxylic acids is 1. The van der Waals surface area contributed by atoms with E-state index in [0.29, 0.717) is 10.7 Å². The molecule has 1 aromatic carbocycles. The lowest BCUT2D eigenvalue weighted by molar-refractivity contribution is -0.138. The van der Waals surface area contributed by atoms with Gasteiger partial charge in [-0.15, -0.1) is 5.10 Å². The van der Waals surface area contributed by atoms with E-state index in [9.17, 15) is 9.59 Å². The SMILES string of the molecule is CC(=N/N=C1\NC(=O)[C@@H](CC(=O)O)S1)c1ccccc1Cl. The van der Waals surface area contributed by atoms with Crippen LogP contribution in [0.25, 0.3) is 0 Å². The van der Waals surface area contributed by atoms with E-state index in [0.717, 1.165) is 17.3 Å². The highest BCUT2D eigenvalue weighted by molar-refractivity contribution is 8.15. The van der Waals surface area contributed by atoms with Gasteiger partial charge in [-0.25, -0.2) is 0 Å². The van der Waals surface area contributed by atoms with E-state index in [4.69, 9.17) is 16.7 Å². The van der Waals surface area contributed by atoms with Gasteiger partial charge in [0.25, 0.3) is 0 Å². The number of carboxylic acid groups (broad SMARTS) is 1. The minimum Gasteiger partial charge on any atom is -0.481 e. The number of carbonyl (C=O) groups is 2. The highest BCUT2D eigenvalue weighted by Crippen LogP contribution is 2.22. The Bertz CT molecular complexity index is 645. The Morgan fingerprint density at radius 1 is 1.48 bits per heavy atom. The fraction of sp³-hybridized carbons (Fsp3) is 0.231. The lowest BCUT2D eigenvalue weighted by atomic mass is 10.1. The Labute approximate surface area is 130 Å². The van der Waals surface area contributed by atoms with E-state index >= 15 is 0 Å². The molecular weight excluding hydrogens is 314 g/mol. The molecule has 110 valence electrons. The molecule has 2 rings (SSSR count). The van der Waals surface area contributed by atoms with Crippen molar-refractivity contribution in [3.63, 3.8) is 0 Å². The highest BCUT2D eigenvalue weighted by atomic mass is 35.5. The summed E-state index contributed by atoms with van der Waals surface area (Å²) >= 11 is 7.11. The Balaban J connectivity index is 2.11. The van der Waals surface area contributed by atoms with Gasteiger partial charge in [-0.3, -0.25) is 9.59 Å². The summed E-state index contributed by atoms with van der Waals surface area (Å²) in [6.45, 7) is 1.75. The van der Waals surface area contributed by atoms with Gasteiger partial charge in [-0.05, 0) is 13.0 Å². The smallest absolute Gasteiger partial charge is 0.305 e. The highest BCUT2D eigenvalue weighted by Gasteiger charge is 2.32. The van der Waals surface area contributed by atoms with Crippen LogP contribution in [0.5, 0.6) is 0 Å². The van der Waals surface area contributed by atoms with Crippen molar-refractivity contribution in [3.8, 4) is 0 Å². The molecule has 0 aromatic heterocycles. The predicted molar refractivity (Wildman–Crippen MR) is 82.9 cm³/mol. The topological polar surface area (TPSA) is 91.1 Å². The second-order valence-electron chi connectivity index (χ2n) is 4.26. The number of nitrogens with zero attached hydrogens (tertiary/aromatic N) is 2. The number of hydrogen-bond donors (Lipinski definition) is 2. The molecule has 2 N–H and O–H groups in total. The summed E-state index contributed by atoms with van der Waals surface area (Å²) in [5.74, 6) is -1.40. The van der Waals surface area contributed by atoms with Crippen molar-refractivity contribution in [3.05, 3.63) is 34.9 Å². The molecule has 1 aliphatic heterocycles. The van der Waals surface area contributed by atoms with E-state index in [-0.39, 0.29) is 17.5 Å². The first-order valence-corrected chi connectivity index (χ1v) is 7.29. The molecule has 1 heterocycles. The maximum atomic E-state index is 11.5. The van der Waals surface area contributed by atoms with Gasteiger partial charge in [0.2, 0.25) is 5.91 Å². The minimum absolute atomic E-state index is 0.247. The summed E-state index contributed by atoms with van der Waals surface area (Å²) in [6.07, 6.45) is -0.247. The Kier molecular flexibility index (Phi) is 4.98. The van der Waals surface area contributed by atoms with Gasteiger partial charge in [0, 0.05) is 10.6 Å². The third-order valence-electron chi connectivity index (χ3n) is 2.69. The van der Waals surface area contributed by atoms with E-state index in [1.54, 1.807) is 13.0 Å². The van der Waals surface area contributed by atoms with Gasteiger partial charge in [-0.2, -0.15) is 5.10 Å². The summed E-state index contributed by atoms with van der Waals surface area (Å²) in [4.78, 5) is 22.2. The number of thioether (sulfide) groups is 1. The number of amides is 1. The third kappa shape index (κ3) is 4.05. The number of carboxylic acids is 1. The maximum absolute atomic E-state index is 11.5. The van der Waals surface area contributed by atoms with E-state index in [1.165, 1.54) is 0 Å². The van der Waals surface area contributed by atoms with E-state index in [1.807, 2.05) is 18.2 Å². The van der Waals surface area contributed by atoms with Crippen molar-refractivity contribution >= 4 is 46.1 Å². The van der Waals surface area contributed by atoms with E-state index in [2.05, 4.69) is 15.5 Å². The molecular formula is C13H12ClN3O3S. The molecule has 1 atom stereocenters.